The molecule has 0 aliphatic carbocycles. The zero-order valence-electron chi connectivity index (χ0n) is 7.09. The fraction of sp³-hybridized carbons (Fsp3) is 0.250. The summed E-state index contributed by atoms with van der Waals surface area (Å²) in [4.78, 5) is 3.15. The topological polar surface area (TPSA) is 45.9 Å². The van der Waals surface area contributed by atoms with E-state index in [4.69, 9.17) is 5.26 Å². The highest BCUT2D eigenvalue weighted by atomic mass is 19.3. The summed E-state index contributed by atoms with van der Waals surface area (Å²) in [5.41, 5.74) is -1.40. The lowest BCUT2D eigenvalue weighted by atomic mass is 10.2. The van der Waals surface area contributed by atoms with E-state index in [2.05, 4.69) is 9.72 Å². The fourth-order valence-corrected chi connectivity index (χ4v) is 0.875. The molecule has 1 aromatic heterocycles. The molecule has 14 heavy (non-hydrogen) atoms. The SMILES string of the molecule is COc1cc(F)c(C(F)F)nc1C#N. The predicted molar refractivity (Wildman–Crippen MR) is 40.4 cm³/mol. The maximum Gasteiger partial charge on any atom is 0.283 e. The number of hydrogen-bond acceptors (Lipinski definition) is 3. The quantitative estimate of drug-likeness (QED) is 0.737. The summed E-state index contributed by atoms with van der Waals surface area (Å²) in [6.07, 6.45) is -3.05. The monoisotopic (exact) mass is 202 g/mol. The van der Waals surface area contributed by atoms with Gasteiger partial charge in [-0.25, -0.2) is 18.2 Å². The molecule has 0 N–H and O–H groups in total. The van der Waals surface area contributed by atoms with Gasteiger partial charge in [0.15, 0.2) is 17.3 Å². The van der Waals surface area contributed by atoms with Crippen LogP contribution in [0.1, 0.15) is 17.8 Å². The molecular formula is C8H5F3N2O. The average Bonchev–Trinajstić information content (AvgIpc) is 2.16. The Morgan fingerprint density at radius 1 is 1.57 bits per heavy atom. The normalized spacial score (nSPS) is 10.0. The van der Waals surface area contributed by atoms with Gasteiger partial charge in [0.2, 0.25) is 0 Å². The van der Waals surface area contributed by atoms with Gasteiger partial charge in [0.25, 0.3) is 6.43 Å². The summed E-state index contributed by atoms with van der Waals surface area (Å²) < 4.78 is 41.7. The highest BCUT2D eigenvalue weighted by molar-refractivity contribution is 5.39. The molecule has 1 rings (SSSR count). The molecule has 1 heterocycles. The van der Waals surface area contributed by atoms with Gasteiger partial charge in [0, 0.05) is 6.07 Å². The van der Waals surface area contributed by atoms with E-state index in [1.165, 1.54) is 13.2 Å². The predicted octanol–water partition coefficient (Wildman–Crippen LogP) is 2.04. The first-order valence-corrected chi connectivity index (χ1v) is 3.52. The molecule has 1 aromatic rings. The molecule has 0 radical (unpaired) electrons. The van der Waals surface area contributed by atoms with E-state index in [0.717, 1.165) is 0 Å². The van der Waals surface area contributed by atoms with Gasteiger partial charge >= 0.3 is 0 Å². The third-order valence-corrected chi connectivity index (χ3v) is 1.50. The van der Waals surface area contributed by atoms with Gasteiger partial charge in [-0.2, -0.15) is 5.26 Å². The molecule has 0 saturated carbocycles. The largest absolute Gasteiger partial charge is 0.494 e. The lowest BCUT2D eigenvalue weighted by Gasteiger charge is -2.05. The second kappa shape index (κ2) is 3.96. The second-order valence-corrected chi connectivity index (χ2v) is 2.32. The van der Waals surface area contributed by atoms with Crippen molar-refractivity contribution in [1.29, 1.82) is 5.26 Å². The summed E-state index contributed by atoms with van der Waals surface area (Å²) in [5.74, 6) is -1.34. The maximum absolute atomic E-state index is 12.9. The third-order valence-electron chi connectivity index (χ3n) is 1.50. The van der Waals surface area contributed by atoms with Crippen molar-refractivity contribution in [2.75, 3.05) is 7.11 Å². The number of alkyl halides is 2. The van der Waals surface area contributed by atoms with Crippen LogP contribution in [0.4, 0.5) is 13.2 Å². The van der Waals surface area contributed by atoms with Crippen molar-refractivity contribution in [2.45, 2.75) is 6.43 Å². The highest BCUT2D eigenvalue weighted by Gasteiger charge is 2.19. The molecule has 0 aliphatic heterocycles. The number of nitriles is 1. The van der Waals surface area contributed by atoms with Gasteiger partial charge in [0.1, 0.15) is 11.8 Å². The number of methoxy groups -OCH3 is 1. The molecule has 0 saturated heterocycles. The Balaban J connectivity index is 3.32. The van der Waals surface area contributed by atoms with Crippen LogP contribution >= 0.6 is 0 Å². The first-order valence-electron chi connectivity index (χ1n) is 3.52. The Morgan fingerprint density at radius 2 is 2.21 bits per heavy atom. The van der Waals surface area contributed by atoms with Gasteiger partial charge in [-0.15, -0.1) is 0 Å². The molecule has 0 aromatic carbocycles. The van der Waals surface area contributed by atoms with Crippen molar-refractivity contribution < 1.29 is 17.9 Å². The maximum atomic E-state index is 12.9. The standard InChI is InChI=1S/C8H5F3N2O/c1-14-6-2-4(9)7(8(10)11)13-5(6)3-12/h2,8H,1H3. The molecular weight excluding hydrogens is 197 g/mol. The Labute approximate surface area is 77.7 Å². The molecule has 0 spiro atoms. The van der Waals surface area contributed by atoms with Crippen LogP contribution in [0.2, 0.25) is 0 Å². The van der Waals surface area contributed by atoms with Crippen molar-refractivity contribution >= 4 is 0 Å². The average molecular weight is 202 g/mol. The number of ether oxygens (including phenoxy) is 1. The van der Waals surface area contributed by atoms with Gasteiger partial charge in [-0.1, -0.05) is 0 Å². The van der Waals surface area contributed by atoms with E-state index in [1.54, 1.807) is 0 Å². The Morgan fingerprint density at radius 3 is 2.64 bits per heavy atom. The minimum atomic E-state index is -3.05. The third kappa shape index (κ3) is 1.76. The summed E-state index contributed by atoms with van der Waals surface area (Å²) in [5, 5.41) is 8.49. The molecule has 3 nitrogen and oxygen atoms in total. The van der Waals surface area contributed by atoms with E-state index < -0.39 is 17.9 Å². The van der Waals surface area contributed by atoms with Crippen LogP contribution in [0, 0.1) is 17.1 Å². The smallest absolute Gasteiger partial charge is 0.283 e. The van der Waals surface area contributed by atoms with Crippen molar-refractivity contribution in [3.63, 3.8) is 0 Å². The van der Waals surface area contributed by atoms with Crippen LogP contribution in [-0.2, 0) is 0 Å². The number of halogens is 3. The molecule has 0 aliphatic rings. The summed E-state index contributed by atoms with van der Waals surface area (Å²) in [6, 6.07) is 2.25. The van der Waals surface area contributed by atoms with E-state index >= 15 is 0 Å². The number of aromatic nitrogens is 1. The molecule has 0 atom stereocenters. The zero-order valence-corrected chi connectivity index (χ0v) is 7.09. The zero-order chi connectivity index (χ0) is 10.7. The van der Waals surface area contributed by atoms with E-state index in [0.29, 0.717) is 6.07 Å². The Hall–Kier alpha value is -1.77. The fourth-order valence-electron chi connectivity index (χ4n) is 0.875. The molecule has 0 amide bonds. The van der Waals surface area contributed by atoms with Gasteiger partial charge < -0.3 is 4.74 Å². The number of hydrogen-bond donors (Lipinski definition) is 0. The minimum Gasteiger partial charge on any atom is -0.494 e. The second-order valence-electron chi connectivity index (χ2n) is 2.32. The van der Waals surface area contributed by atoms with Gasteiger partial charge in [0.05, 0.1) is 7.11 Å². The molecule has 0 unspecified atom stereocenters. The summed E-state index contributed by atoms with van der Waals surface area (Å²) in [7, 11) is 1.19. The van der Waals surface area contributed by atoms with Crippen molar-refractivity contribution in [1.82, 2.24) is 4.98 Å². The molecule has 74 valence electrons. The summed E-state index contributed by atoms with van der Waals surface area (Å²) >= 11 is 0. The van der Waals surface area contributed by atoms with Crippen LogP contribution in [0.15, 0.2) is 6.07 Å². The molecule has 6 heteroatoms. The first kappa shape index (κ1) is 10.3. The molecule has 0 bridgehead atoms. The Bertz CT molecular complexity index is 387. The molecule has 0 fully saturated rings. The van der Waals surface area contributed by atoms with Crippen LogP contribution in [0.3, 0.4) is 0 Å². The van der Waals surface area contributed by atoms with Crippen molar-refractivity contribution in [3.8, 4) is 11.8 Å². The van der Waals surface area contributed by atoms with Crippen molar-refractivity contribution in [3.05, 3.63) is 23.3 Å². The van der Waals surface area contributed by atoms with E-state index in [1.807, 2.05) is 0 Å². The number of pyridine rings is 1. The number of nitrogens with zero attached hydrogens (tertiary/aromatic N) is 2. The number of rotatable bonds is 2. The highest BCUT2D eigenvalue weighted by Crippen LogP contribution is 2.25. The van der Waals surface area contributed by atoms with Crippen molar-refractivity contribution in [2.24, 2.45) is 0 Å². The van der Waals surface area contributed by atoms with Crippen LogP contribution in [0.25, 0.3) is 0 Å². The first-order chi connectivity index (χ1) is 6.60. The van der Waals surface area contributed by atoms with Gasteiger partial charge in [-0.05, 0) is 0 Å². The van der Waals surface area contributed by atoms with Crippen LogP contribution in [0.5, 0.6) is 5.75 Å². The lowest BCUT2D eigenvalue weighted by Crippen LogP contribution is -2.01. The minimum absolute atomic E-state index is 0.158. The van der Waals surface area contributed by atoms with E-state index in [9.17, 15) is 13.2 Å². The summed E-state index contributed by atoms with van der Waals surface area (Å²) in [6.45, 7) is 0. The van der Waals surface area contributed by atoms with Crippen LogP contribution < -0.4 is 4.74 Å². The van der Waals surface area contributed by atoms with Crippen LogP contribution in [-0.4, -0.2) is 12.1 Å². The van der Waals surface area contributed by atoms with Gasteiger partial charge in [-0.3, -0.25) is 0 Å². The lowest BCUT2D eigenvalue weighted by molar-refractivity contribution is 0.140. The van der Waals surface area contributed by atoms with E-state index in [-0.39, 0.29) is 11.4 Å². The Kier molecular flexibility index (Phi) is 2.92.